The van der Waals surface area contributed by atoms with E-state index in [4.69, 9.17) is 14.2 Å². The van der Waals surface area contributed by atoms with Crippen LogP contribution in [-0.2, 0) is 16.0 Å². The molecule has 0 aliphatic carbocycles. The van der Waals surface area contributed by atoms with E-state index in [1.165, 1.54) is 7.11 Å². The number of carbonyl (C=O) groups excluding carboxylic acids is 2. The van der Waals surface area contributed by atoms with Crippen LogP contribution in [0.15, 0.2) is 66.7 Å². The van der Waals surface area contributed by atoms with Crippen LogP contribution in [0.4, 0.5) is 5.69 Å². The van der Waals surface area contributed by atoms with Crippen molar-refractivity contribution >= 4 is 17.6 Å². The van der Waals surface area contributed by atoms with Gasteiger partial charge in [-0.1, -0.05) is 49.4 Å². The molecule has 224 valence electrons. The van der Waals surface area contributed by atoms with E-state index in [0.717, 1.165) is 62.4 Å². The maximum absolute atomic E-state index is 13.9. The SMILES string of the molecule is CCCN1CCN(Cc2ccc(OCOC)c(C(=O)Nc3cc(-c4ccccc4)ccc3C(=O)OC(C)(C)C)c2)CC1. The summed E-state index contributed by atoms with van der Waals surface area (Å²) < 4.78 is 16.5. The summed E-state index contributed by atoms with van der Waals surface area (Å²) in [6.45, 7) is 13.6. The normalized spacial score (nSPS) is 14.4. The van der Waals surface area contributed by atoms with Crippen molar-refractivity contribution in [3.63, 3.8) is 0 Å². The van der Waals surface area contributed by atoms with E-state index in [1.54, 1.807) is 6.07 Å². The van der Waals surface area contributed by atoms with Gasteiger partial charge in [-0.3, -0.25) is 9.69 Å². The molecule has 1 aliphatic rings. The van der Waals surface area contributed by atoms with Crippen LogP contribution >= 0.6 is 0 Å². The Kier molecular flexibility index (Phi) is 10.7. The molecular weight excluding hydrogens is 530 g/mol. The van der Waals surface area contributed by atoms with Crippen LogP contribution in [0, 0.1) is 0 Å². The van der Waals surface area contributed by atoms with Gasteiger partial charge in [0.15, 0.2) is 6.79 Å². The topological polar surface area (TPSA) is 80.3 Å². The van der Waals surface area contributed by atoms with E-state index in [-0.39, 0.29) is 18.3 Å². The van der Waals surface area contributed by atoms with Crippen LogP contribution in [0.2, 0.25) is 0 Å². The molecule has 1 N–H and O–H groups in total. The number of anilines is 1. The van der Waals surface area contributed by atoms with Crippen molar-refractivity contribution < 1.29 is 23.8 Å². The number of esters is 1. The average Bonchev–Trinajstić information content (AvgIpc) is 2.97. The molecule has 1 amide bonds. The van der Waals surface area contributed by atoms with Crippen molar-refractivity contribution in [2.45, 2.75) is 46.3 Å². The van der Waals surface area contributed by atoms with Gasteiger partial charge in [-0.2, -0.15) is 0 Å². The second kappa shape index (κ2) is 14.4. The number of ether oxygens (including phenoxy) is 3. The fourth-order valence-corrected chi connectivity index (χ4v) is 5.01. The highest BCUT2D eigenvalue weighted by Crippen LogP contribution is 2.29. The molecule has 42 heavy (non-hydrogen) atoms. The minimum Gasteiger partial charge on any atom is -0.467 e. The van der Waals surface area contributed by atoms with Gasteiger partial charge < -0.3 is 24.4 Å². The van der Waals surface area contributed by atoms with E-state index < -0.39 is 11.6 Å². The van der Waals surface area contributed by atoms with Crippen molar-refractivity contribution in [1.29, 1.82) is 0 Å². The molecule has 8 nitrogen and oxygen atoms in total. The Hall–Kier alpha value is -3.72. The van der Waals surface area contributed by atoms with E-state index in [9.17, 15) is 9.59 Å². The Morgan fingerprint density at radius 2 is 1.57 bits per heavy atom. The third kappa shape index (κ3) is 8.64. The second-order valence-electron chi connectivity index (χ2n) is 11.6. The zero-order chi connectivity index (χ0) is 30.1. The maximum Gasteiger partial charge on any atom is 0.340 e. The van der Waals surface area contributed by atoms with Crippen molar-refractivity contribution in [2.24, 2.45) is 0 Å². The number of benzene rings is 3. The average molecular weight is 574 g/mol. The lowest BCUT2D eigenvalue weighted by atomic mass is 10.0. The van der Waals surface area contributed by atoms with Gasteiger partial charge in [0, 0.05) is 39.8 Å². The van der Waals surface area contributed by atoms with Gasteiger partial charge in [0.1, 0.15) is 11.4 Å². The quantitative estimate of drug-likeness (QED) is 0.220. The molecule has 3 aromatic rings. The summed E-state index contributed by atoms with van der Waals surface area (Å²) in [4.78, 5) is 31.9. The zero-order valence-corrected chi connectivity index (χ0v) is 25.4. The molecule has 0 aromatic heterocycles. The molecule has 0 bridgehead atoms. The van der Waals surface area contributed by atoms with Crippen LogP contribution in [0.3, 0.4) is 0 Å². The van der Waals surface area contributed by atoms with E-state index in [2.05, 4.69) is 22.0 Å². The first kappa shape index (κ1) is 31.2. The number of rotatable bonds is 11. The van der Waals surface area contributed by atoms with Gasteiger partial charge in [0.05, 0.1) is 16.8 Å². The first-order chi connectivity index (χ1) is 20.2. The molecular formula is C34H43N3O5. The fraction of sp³-hybridized carbons (Fsp3) is 0.412. The molecule has 0 radical (unpaired) electrons. The summed E-state index contributed by atoms with van der Waals surface area (Å²) in [7, 11) is 1.54. The van der Waals surface area contributed by atoms with Crippen molar-refractivity contribution in [2.75, 3.05) is 51.9 Å². The Morgan fingerprint density at radius 1 is 0.857 bits per heavy atom. The third-order valence-electron chi connectivity index (χ3n) is 7.03. The minimum absolute atomic E-state index is 0.00562. The predicted molar refractivity (Wildman–Crippen MR) is 166 cm³/mol. The predicted octanol–water partition coefficient (Wildman–Crippen LogP) is 6.07. The van der Waals surface area contributed by atoms with Crippen molar-refractivity contribution in [3.05, 3.63) is 83.4 Å². The van der Waals surface area contributed by atoms with Crippen LogP contribution in [-0.4, -0.2) is 73.9 Å². The number of hydrogen-bond acceptors (Lipinski definition) is 7. The largest absolute Gasteiger partial charge is 0.467 e. The van der Waals surface area contributed by atoms with Crippen molar-refractivity contribution in [3.8, 4) is 16.9 Å². The Morgan fingerprint density at radius 3 is 2.24 bits per heavy atom. The zero-order valence-electron chi connectivity index (χ0n) is 25.4. The van der Waals surface area contributed by atoms with Gasteiger partial charge in [-0.05, 0) is 74.7 Å². The fourth-order valence-electron chi connectivity index (χ4n) is 5.01. The standard InChI is InChI=1S/C34H43N3O5/c1-6-16-36-17-19-37(20-18-36)23-25-12-15-31(41-24-40-5)29(21-25)32(38)35-30-22-27(26-10-8-7-9-11-26)13-14-28(30)33(39)42-34(2,3)4/h7-15,21-22H,6,16-20,23-24H2,1-5H3,(H,35,38). The van der Waals surface area contributed by atoms with Crippen molar-refractivity contribution in [1.82, 2.24) is 9.80 Å². The number of hydrogen-bond donors (Lipinski definition) is 1. The Bertz CT molecular complexity index is 1350. The highest BCUT2D eigenvalue weighted by Gasteiger charge is 2.24. The molecule has 4 rings (SSSR count). The molecule has 0 saturated carbocycles. The van der Waals surface area contributed by atoms with Crippen LogP contribution < -0.4 is 10.1 Å². The smallest absolute Gasteiger partial charge is 0.340 e. The number of amides is 1. The summed E-state index contributed by atoms with van der Waals surface area (Å²) in [6, 6.07) is 20.8. The minimum atomic E-state index is -0.687. The molecule has 8 heteroatoms. The molecule has 0 spiro atoms. The highest BCUT2D eigenvalue weighted by atomic mass is 16.7. The first-order valence-corrected chi connectivity index (χ1v) is 14.6. The van der Waals surface area contributed by atoms with Gasteiger partial charge >= 0.3 is 5.97 Å². The Balaban J connectivity index is 1.63. The summed E-state index contributed by atoms with van der Waals surface area (Å²) in [5, 5.41) is 2.99. The number of nitrogens with zero attached hydrogens (tertiary/aromatic N) is 2. The van der Waals surface area contributed by atoms with Crippen LogP contribution in [0.5, 0.6) is 5.75 Å². The van der Waals surface area contributed by atoms with E-state index in [1.807, 2.05) is 81.4 Å². The third-order valence-corrected chi connectivity index (χ3v) is 7.03. The van der Waals surface area contributed by atoms with Crippen LogP contribution in [0.25, 0.3) is 11.1 Å². The van der Waals surface area contributed by atoms with Crippen LogP contribution in [0.1, 0.15) is 60.4 Å². The van der Waals surface area contributed by atoms with Gasteiger partial charge in [0.2, 0.25) is 0 Å². The summed E-state index contributed by atoms with van der Waals surface area (Å²) >= 11 is 0. The Labute approximate surface area is 249 Å². The molecule has 1 heterocycles. The summed E-state index contributed by atoms with van der Waals surface area (Å²) in [6.07, 6.45) is 1.16. The lowest BCUT2D eigenvalue weighted by Crippen LogP contribution is -2.45. The molecule has 1 fully saturated rings. The van der Waals surface area contributed by atoms with Gasteiger partial charge in [0.25, 0.3) is 5.91 Å². The molecule has 1 aliphatic heterocycles. The number of carbonyl (C=O) groups is 2. The lowest BCUT2D eigenvalue weighted by molar-refractivity contribution is 0.00707. The van der Waals surface area contributed by atoms with E-state index in [0.29, 0.717) is 17.0 Å². The molecule has 0 atom stereocenters. The number of piperazine rings is 1. The maximum atomic E-state index is 13.9. The van der Waals surface area contributed by atoms with E-state index >= 15 is 0 Å². The lowest BCUT2D eigenvalue weighted by Gasteiger charge is -2.34. The molecule has 1 saturated heterocycles. The first-order valence-electron chi connectivity index (χ1n) is 14.6. The number of methoxy groups -OCH3 is 1. The molecule has 0 unspecified atom stereocenters. The summed E-state index contributed by atoms with van der Waals surface area (Å²) in [5.41, 5.74) is 3.17. The summed E-state index contributed by atoms with van der Waals surface area (Å²) in [5.74, 6) is -0.487. The highest BCUT2D eigenvalue weighted by molar-refractivity contribution is 6.10. The van der Waals surface area contributed by atoms with Gasteiger partial charge in [-0.15, -0.1) is 0 Å². The number of nitrogens with one attached hydrogen (secondary N) is 1. The molecule has 3 aromatic carbocycles. The second-order valence-corrected chi connectivity index (χ2v) is 11.6. The van der Waals surface area contributed by atoms with Gasteiger partial charge in [-0.25, -0.2) is 4.79 Å². The monoisotopic (exact) mass is 573 g/mol.